The number of amides is 2. The fraction of sp³-hybridized carbons (Fsp3) is 0.364. The molecule has 2 aromatic carbocycles. The van der Waals surface area contributed by atoms with Gasteiger partial charge in [0.15, 0.2) is 0 Å². The standard InChI is InChI=1S/C22H24FN3O2/c1-16-2-6-19(7-3-16)26-20(10-11-21(26)27)22(28)25-14-12-24(13-15-25)18-8-4-17(23)5-9-18/h2-9,20H,10-15H2,1H3. The van der Waals surface area contributed by atoms with Gasteiger partial charge in [-0.25, -0.2) is 4.39 Å². The Morgan fingerprint density at radius 3 is 2.18 bits per heavy atom. The van der Waals surface area contributed by atoms with E-state index < -0.39 is 6.04 Å². The molecule has 2 heterocycles. The Kier molecular flexibility index (Phi) is 5.03. The average molecular weight is 381 g/mol. The first-order valence-corrected chi connectivity index (χ1v) is 9.71. The summed E-state index contributed by atoms with van der Waals surface area (Å²) in [5.74, 6) is -0.225. The normalized spacial score (nSPS) is 20.0. The molecule has 2 aliphatic heterocycles. The molecule has 0 aromatic heterocycles. The predicted octanol–water partition coefficient (Wildman–Crippen LogP) is 2.98. The van der Waals surface area contributed by atoms with Crippen LogP contribution in [0.1, 0.15) is 18.4 Å². The van der Waals surface area contributed by atoms with Gasteiger partial charge in [0.1, 0.15) is 11.9 Å². The number of carbonyl (C=O) groups is 2. The van der Waals surface area contributed by atoms with E-state index in [2.05, 4.69) is 4.90 Å². The minimum atomic E-state index is -0.424. The summed E-state index contributed by atoms with van der Waals surface area (Å²) in [6.07, 6.45) is 0.962. The highest BCUT2D eigenvalue weighted by atomic mass is 19.1. The monoisotopic (exact) mass is 381 g/mol. The molecule has 0 N–H and O–H groups in total. The number of benzene rings is 2. The van der Waals surface area contributed by atoms with Crippen molar-refractivity contribution in [1.29, 1.82) is 0 Å². The first kappa shape index (κ1) is 18.5. The van der Waals surface area contributed by atoms with Crippen molar-refractivity contribution in [1.82, 2.24) is 4.90 Å². The molecular formula is C22H24FN3O2. The first-order chi connectivity index (χ1) is 13.5. The third-order valence-corrected chi connectivity index (χ3v) is 5.59. The molecule has 146 valence electrons. The average Bonchev–Trinajstić information content (AvgIpc) is 3.10. The highest BCUT2D eigenvalue weighted by Crippen LogP contribution is 2.28. The number of nitrogens with zero attached hydrogens (tertiary/aromatic N) is 3. The van der Waals surface area contributed by atoms with E-state index in [0.29, 0.717) is 39.0 Å². The molecule has 0 spiro atoms. The zero-order chi connectivity index (χ0) is 19.7. The molecule has 5 nitrogen and oxygen atoms in total. The zero-order valence-electron chi connectivity index (χ0n) is 16.0. The van der Waals surface area contributed by atoms with E-state index in [4.69, 9.17) is 0 Å². The van der Waals surface area contributed by atoms with Crippen LogP contribution in [0.25, 0.3) is 0 Å². The van der Waals surface area contributed by atoms with Crippen molar-refractivity contribution < 1.29 is 14.0 Å². The second-order valence-corrected chi connectivity index (χ2v) is 7.44. The van der Waals surface area contributed by atoms with Gasteiger partial charge in [0.05, 0.1) is 0 Å². The highest BCUT2D eigenvalue weighted by molar-refractivity contribution is 6.03. The molecule has 1 unspecified atom stereocenters. The van der Waals surface area contributed by atoms with E-state index in [1.165, 1.54) is 12.1 Å². The molecule has 0 radical (unpaired) electrons. The fourth-order valence-corrected chi connectivity index (χ4v) is 3.99. The Hall–Kier alpha value is -2.89. The van der Waals surface area contributed by atoms with Crippen molar-refractivity contribution in [2.45, 2.75) is 25.8 Å². The molecule has 0 aliphatic carbocycles. The molecule has 2 aromatic rings. The minimum absolute atomic E-state index is 0.00662. The Balaban J connectivity index is 1.43. The van der Waals surface area contributed by atoms with Gasteiger partial charge in [-0.3, -0.25) is 14.5 Å². The summed E-state index contributed by atoms with van der Waals surface area (Å²) in [6, 6.07) is 13.8. The van der Waals surface area contributed by atoms with Crippen LogP contribution in [-0.4, -0.2) is 48.9 Å². The summed E-state index contributed by atoms with van der Waals surface area (Å²) in [5.41, 5.74) is 2.87. The summed E-state index contributed by atoms with van der Waals surface area (Å²) in [7, 11) is 0. The van der Waals surface area contributed by atoms with Gasteiger partial charge < -0.3 is 9.80 Å². The van der Waals surface area contributed by atoms with Gasteiger partial charge in [-0.1, -0.05) is 17.7 Å². The maximum absolute atomic E-state index is 13.1. The van der Waals surface area contributed by atoms with Crippen LogP contribution in [0, 0.1) is 12.7 Å². The number of piperazine rings is 1. The summed E-state index contributed by atoms with van der Waals surface area (Å²) < 4.78 is 13.1. The number of rotatable bonds is 3. The lowest BCUT2D eigenvalue weighted by atomic mass is 10.1. The predicted molar refractivity (Wildman–Crippen MR) is 107 cm³/mol. The topological polar surface area (TPSA) is 43.9 Å². The fourth-order valence-electron chi connectivity index (χ4n) is 3.99. The van der Waals surface area contributed by atoms with Gasteiger partial charge in [0.2, 0.25) is 11.8 Å². The van der Waals surface area contributed by atoms with Crippen molar-refractivity contribution >= 4 is 23.2 Å². The molecule has 2 amide bonds. The maximum Gasteiger partial charge on any atom is 0.245 e. The van der Waals surface area contributed by atoms with Crippen molar-refractivity contribution in [2.24, 2.45) is 0 Å². The summed E-state index contributed by atoms with van der Waals surface area (Å²) in [4.78, 5) is 31.3. The second kappa shape index (κ2) is 7.62. The van der Waals surface area contributed by atoms with E-state index in [-0.39, 0.29) is 17.6 Å². The van der Waals surface area contributed by atoms with Crippen LogP contribution in [0.5, 0.6) is 0 Å². The van der Waals surface area contributed by atoms with Gasteiger partial charge in [-0.15, -0.1) is 0 Å². The molecular weight excluding hydrogens is 357 g/mol. The third kappa shape index (κ3) is 3.59. The molecule has 0 bridgehead atoms. The number of carbonyl (C=O) groups excluding carboxylic acids is 2. The third-order valence-electron chi connectivity index (χ3n) is 5.59. The number of hydrogen-bond donors (Lipinski definition) is 0. The number of halogens is 1. The van der Waals surface area contributed by atoms with Crippen molar-refractivity contribution in [3.63, 3.8) is 0 Å². The number of anilines is 2. The number of aryl methyl sites for hydroxylation is 1. The molecule has 0 saturated carbocycles. The van der Waals surface area contributed by atoms with Crippen LogP contribution in [0.15, 0.2) is 48.5 Å². The molecule has 2 fully saturated rings. The van der Waals surface area contributed by atoms with Crippen LogP contribution in [0.4, 0.5) is 15.8 Å². The van der Waals surface area contributed by atoms with Gasteiger partial charge in [-0.2, -0.15) is 0 Å². The summed E-state index contributed by atoms with van der Waals surface area (Å²) in [5, 5.41) is 0. The first-order valence-electron chi connectivity index (χ1n) is 9.71. The second-order valence-electron chi connectivity index (χ2n) is 7.44. The van der Waals surface area contributed by atoms with Crippen LogP contribution in [-0.2, 0) is 9.59 Å². The van der Waals surface area contributed by atoms with E-state index >= 15 is 0 Å². The van der Waals surface area contributed by atoms with Gasteiger partial charge in [0, 0.05) is 44.0 Å². The zero-order valence-corrected chi connectivity index (χ0v) is 16.0. The van der Waals surface area contributed by atoms with E-state index in [1.807, 2.05) is 36.1 Å². The van der Waals surface area contributed by atoms with E-state index in [0.717, 1.165) is 16.9 Å². The largest absolute Gasteiger partial charge is 0.368 e. The Bertz CT molecular complexity index is 858. The lowest BCUT2D eigenvalue weighted by molar-refractivity contribution is -0.133. The summed E-state index contributed by atoms with van der Waals surface area (Å²) >= 11 is 0. The van der Waals surface area contributed by atoms with E-state index in [1.54, 1.807) is 17.0 Å². The van der Waals surface area contributed by atoms with Crippen LogP contribution in [0.2, 0.25) is 0 Å². The van der Waals surface area contributed by atoms with Gasteiger partial charge in [-0.05, 0) is 49.7 Å². The Labute approximate surface area is 164 Å². The van der Waals surface area contributed by atoms with Gasteiger partial charge in [0.25, 0.3) is 0 Å². The molecule has 1 atom stereocenters. The molecule has 28 heavy (non-hydrogen) atoms. The van der Waals surface area contributed by atoms with Gasteiger partial charge >= 0.3 is 0 Å². The van der Waals surface area contributed by atoms with Crippen LogP contribution in [0.3, 0.4) is 0 Å². The summed E-state index contributed by atoms with van der Waals surface area (Å²) in [6.45, 7) is 4.59. The van der Waals surface area contributed by atoms with Crippen LogP contribution >= 0.6 is 0 Å². The lowest BCUT2D eigenvalue weighted by Gasteiger charge is -2.38. The minimum Gasteiger partial charge on any atom is -0.368 e. The smallest absolute Gasteiger partial charge is 0.245 e. The molecule has 6 heteroatoms. The number of hydrogen-bond acceptors (Lipinski definition) is 3. The van der Waals surface area contributed by atoms with Crippen LogP contribution < -0.4 is 9.80 Å². The van der Waals surface area contributed by atoms with Crippen molar-refractivity contribution in [3.05, 3.63) is 59.9 Å². The Morgan fingerprint density at radius 1 is 0.929 bits per heavy atom. The molecule has 2 aliphatic rings. The SMILES string of the molecule is Cc1ccc(N2C(=O)CCC2C(=O)N2CCN(c3ccc(F)cc3)CC2)cc1. The lowest BCUT2D eigenvalue weighted by Crippen LogP contribution is -2.54. The highest BCUT2D eigenvalue weighted by Gasteiger charge is 2.39. The molecule has 2 saturated heterocycles. The van der Waals surface area contributed by atoms with E-state index in [9.17, 15) is 14.0 Å². The van der Waals surface area contributed by atoms with Crippen molar-refractivity contribution in [2.75, 3.05) is 36.0 Å². The Morgan fingerprint density at radius 2 is 1.54 bits per heavy atom. The molecule has 4 rings (SSSR count). The maximum atomic E-state index is 13.1. The quantitative estimate of drug-likeness (QED) is 0.821. The van der Waals surface area contributed by atoms with Crippen molar-refractivity contribution in [3.8, 4) is 0 Å².